The highest BCUT2D eigenvalue weighted by atomic mass is 19.3. The summed E-state index contributed by atoms with van der Waals surface area (Å²) in [6.45, 7) is 6.34. The van der Waals surface area contributed by atoms with E-state index in [9.17, 15) is 8.78 Å². The summed E-state index contributed by atoms with van der Waals surface area (Å²) in [6.07, 6.45) is 1.77. The van der Waals surface area contributed by atoms with E-state index in [2.05, 4.69) is 34.1 Å². The molecule has 0 unspecified atom stereocenters. The summed E-state index contributed by atoms with van der Waals surface area (Å²) in [5.41, 5.74) is 1.10. The number of para-hydroxylation sites is 2. The number of morpholine rings is 1. The molecule has 5 rings (SSSR count). The van der Waals surface area contributed by atoms with E-state index < -0.39 is 6.43 Å². The Bertz CT molecular complexity index is 1230. The average Bonchev–Trinajstić information content (AvgIpc) is 3.35. The Hall–Kier alpha value is -2.89. The summed E-state index contributed by atoms with van der Waals surface area (Å²) >= 11 is 0. The molecule has 1 aliphatic heterocycles. The van der Waals surface area contributed by atoms with Crippen LogP contribution < -0.4 is 10.2 Å². The van der Waals surface area contributed by atoms with Gasteiger partial charge in [0.15, 0.2) is 5.82 Å². The number of alkyl halides is 2. The molecule has 0 amide bonds. The van der Waals surface area contributed by atoms with E-state index in [1.54, 1.807) is 31.4 Å². The Morgan fingerprint density at radius 3 is 2.64 bits per heavy atom. The number of aromatic nitrogens is 4. The van der Waals surface area contributed by atoms with Crippen LogP contribution in [0.4, 0.5) is 20.5 Å². The SMILES string of the molecule is COCCN(C)C1CCC(CNc2nc(N3CCOC[C@@H]3C)cc(-n3c(C(F)F)nc4ccccc43)n2)CC1. The van der Waals surface area contributed by atoms with Crippen LogP contribution >= 0.6 is 0 Å². The molecule has 2 aromatic heterocycles. The molecule has 212 valence electrons. The molecule has 0 radical (unpaired) electrons. The molecule has 2 aliphatic rings. The maximum Gasteiger partial charge on any atom is 0.296 e. The summed E-state index contributed by atoms with van der Waals surface area (Å²) in [6, 6.07) is 9.63. The molecule has 11 heteroatoms. The standard InChI is InChI=1S/C28H39F2N7O2/c1-19-18-39-15-13-36(19)24-16-25(37-23-7-5-4-6-22(23)32-27(37)26(29)30)34-28(33-24)31-17-20-8-10-21(11-9-20)35(2)12-14-38-3/h4-7,16,19-21,26H,8-15,17-18H2,1-3H3,(H,31,33,34)/t19-,20?,21?/m0/s1. The lowest BCUT2D eigenvalue weighted by Gasteiger charge is -2.35. The van der Waals surface area contributed by atoms with Gasteiger partial charge in [-0.2, -0.15) is 9.97 Å². The number of anilines is 2. The third-order valence-electron chi connectivity index (χ3n) is 8.01. The molecule has 3 aromatic rings. The first-order valence-corrected chi connectivity index (χ1v) is 13.9. The molecule has 1 aromatic carbocycles. The minimum atomic E-state index is -2.74. The monoisotopic (exact) mass is 543 g/mol. The molecule has 3 heterocycles. The molecule has 0 spiro atoms. The van der Waals surface area contributed by atoms with Crippen LogP contribution in [0.1, 0.15) is 44.9 Å². The van der Waals surface area contributed by atoms with Gasteiger partial charge in [0, 0.05) is 38.9 Å². The van der Waals surface area contributed by atoms with Gasteiger partial charge in [-0.3, -0.25) is 4.57 Å². The number of rotatable bonds is 10. The van der Waals surface area contributed by atoms with Crippen molar-refractivity contribution in [2.24, 2.45) is 5.92 Å². The van der Waals surface area contributed by atoms with E-state index in [0.717, 1.165) is 45.4 Å². The first-order valence-electron chi connectivity index (χ1n) is 13.9. The van der Waals surface area contributed by atoms with Crippen LogP contribution in [-0.2, 0) is 9.47 Å². The van der Waals surface area contributed by atoms with Crippen molar-refractivity contribution in [2.45, 2.75) is 51.1 Å². The smallest absolute Gasteiger partial charge is 0.296 e. The number of hydrogen-bond donors (Lipinski definition) is 1. The van der Waals surface area contributed by atoms with Crippen molar-refractivity contribution in [3.05, 3.63) is 36.2 Å². The van der Waals surface area contributed by atoms with Crippen LogP contribution in [0.2, 0.25) is 0 Å². The fourth-order valence-corrected chi connectivity index (χ4v) is 5.71. The Balaban J connectivity index is 1.39. The zero-order chi connectivity index (χ0) is 27.4. The highest BCUT2D eigenvalue weighted by molar-refractivity contribution is 5.78. The largest absolute Gasteiger partial charge is 0.383 e. The van der Waals surface area contributed by atoms with Crippen LogP contribution in [0, 0.1) is 5.92 Å². The lowest BCUT2D eigenvalue weighted by molar-refractivity contribution is 0.0985. The predicted octanol–water partition coefficient (Wildman–Crippen LogP) is 4.53. The number of nitrogens with one attached hydrogen (secondary N) is 1. The highest BCUT2D eigenvalue weighted by Crippen LogP contribution is 2.31. The second kappa shape index (κ2) is 12.5. The molecule has 2 fully saturated rings. The van der Waals surface area contributed by atoms with E-state index in [-0.39, 0.29) is 11.9 Å². The van der Waals surface area contributed by atoms with E-state index in [1.165, 1.54) is 4.57 Å². The van der Waals surface area contributed by atoms with E-state index >= 15 is 0 Å². The number of nitrogens with zero attached hydrogens (tertiary/aromatic N) is 6. The third-order valence-corrected chi connectivity index (χ3v) is 8.01. The zero-order valence-electron chi connectivity index (χ0n) is 23.0. The molecule has 1 saturated heterocycles. The molecular weight excluding hydrogens is 504 g/mol. The number of fused-ring (bicyclic) bond motifs is 1. The fourth-order valence-electron chi connectivity index (χ4n) is 5.71. The lowest BCUT2D eigenvalue weighted by Crippen LogP contribution is -2.44. The molecular formula is C28H39F2N7O2. The van der Waals surface area contributed by atoms with Gasteiger partial charge in [0.25, 0.3) is 6.43 Å². The normalized spacial score (nSPS) is 22.2. The van der Waals surface area contributed by atoms with Gasteiger partial charge < -0.3 is 24.6 Å². The molecule has 39 heavy (non-hydrogen) atoms. The number of halogens is 2. The van der Waals surface area contributed by atoms with Gasteiger partial charge >= 0.3 is 0 Å². The lowest BCUT2D eigenvalue weighted by atomic mass is 9.85. The van der Waals surface area contributed by atoms with Gasteiger partial charge in [-0.1, -0.05) is 12.1 Å². The summed E-state index contributed by atoms with van der Waals surface area (Å²) in [5.74, 6) is 1.70. The summed E-state index contributed by atoms with van der Waals surface area (Å²) in [5, 5.41) is 3.45. The van der Waals surface area contributed by atoms with Crippen molar-refractivity contribution < 1.29 is 18.3 Å². The highest BCUT2D eigenvalue weighted by Gasteiger charge is 2.27. The number of hydrogen-bond acceptors (Lipinski definition) is 8. The number of likely N-dealkylation sites (N-methyl/N-ethyl adjacent to an activating group) is 1. The Morgan fingerprint density at radius 1 is 1.13 bits per heavy atom. The topological polar surface area (TPSA) is 80.6 Å². The summed E-state index contributed by atoms with van der Waals surface area (Å²) in [7, 11) is 3.91. The molecule has 1 aliphatic carbocycles. The van der Waals surface area contributed by atoms with E-state index in [1.807, 2.05) is 6.07 Å². The fraction of sp³-hybridized carbons (Fsp3) is 0.607. The maximum absolute atomic E-state index is 14.1. The number of benzene rings is 1. The molecule has 9 nitrogen and oxygen atoms in total. The van der Waals surface area contributed by atoms with Crippen molar-refractivity contribution in [3.8, 4) is 5.82 Å². The minimum absolute atomic E-state index is 0.105. The van der Waals surface area contributed by atoms with Crippen LogP contribution in [-0.4, -0.2) is 90.1 Å². The average molecular weight is 544 g/mol. The van der Waals surface area contributed by atoms with Gasteiger partial charge in [0.2, 0.25) is 5.95 Å². The van der Waals surface area contributed by atoms with Crippen molar-refractivity contribution in [1.29, 1.82) is 0 Å². The summed E-state index contributed by atoms with van der Waals surface area (Å²) in [4.78, 5) is 18.3. The van der Waals surface area contributed by atoms with Gasteiger partial charge in [-0.15, -0.1) is 0 Å². The quantitative estimate of drug-likeness (QED) is 0.400. The first kappa shape index (κ1) is 27.7. The van der Waals surface area contributed by atoms with Crippen LogP contribution in [0.25, 0.3) is 16.9 Å². The van der Waals surface area contributed by atoms with E-state index in [0.29, 0.717) is 60.3 Å². The maximum atomic E-state index is 14.1. The van der Waals surface area contributed by atoms with Crippen LogP contribution in [0.15, 0.2) is 30.3 Å². The Kier molecular flexibility index (Phi) is 8.89. The van der Waals surface area contributed by atoms with E-state index in [4.69, 9.17) is 19.4 Å². The summed E-state index contributed by atoms with van der Waals surface area (Å²) < 4.78 is 40.6. The van der Waals surface area contributed by atoms with Crippen LogP contribution in [0.5, 0.6) is 0 Å². The van der Waals surface area contributed by atoms with Crippen molar-refractivity contribution >= 4 is 22.8 Å². The van der Waals surface area contributed by atoms with Crippen molar-refractivity contribution in [3.63, 3.8) is 0 Å². The molecule has 1 saturated carbocycles. The van der Waals surface area contributed by atoms with Crippen molar-refractivity contribution in [2.75, 3.05) is 63.8 Å². The molecule has 1 atom stereocenters. The Labute approximate surface area is 228 Å². The second-order valence-electron chi connectivity index (χ2n) is 10.6. The third kappa shape index (κ3) is 6.31. The number of methoxy groups -OCH3 is 1. The van der Waals surface area contributed by atoms with Gasteiger partial charge in [0.1, 0.15) is 11.6 Å². The van der Waals surface area contributed by atoms with Crippen LogP contribution in [0.3, 0.4) is 0 Å². The number of ether oxygens (including phenoxy) is 2. The number of imidazole rings is 1. The first-order chi connectivity index (χ1) is 18.9. The van der Waals surface area contributed by atoms with Gasteiger partial charge in [-0.05, 0) is 57.7 Å². The van der Waals surface area contributed by atoms with Crippen molar-refractivity contribution in [1.82, 2.24) is 24.4 Å². The Morgan fingerprint density at radius 2 is 1.90 bits per heavy atom. The predicted molar refractivity (Wildman–Crippen MR) is 148 cm³/mol. The molecule has 1 N–H and O–H groups in total. The van der Waals surface area contributed by atoms with Gasteiger partial charge in [0.05, 0.1) is 36.9 Å². The van der Waals surface area contributed by atoms with Gasteiger partial charge in [-0.25, -0.2) is 13.8 Å². The zero-order valence-corrected chi connectivity index (χ0v) is 23.0. The minimum Gasteiger partial charge on any atom is -0.383 e. The molecule has 0 bridgehead atoms. The second-order valence-corrected chi connectivity index (χ2v) is 10.6.